The summed E-state index contributed by atoms with van der Waals surface area (Å²) in [4.78, 5) is 2.53. The number of nitrogens with zero attached hydrogens (tertiary/aromatic N) is 1. The van der Waals surface area contributed by atoms with Crippen molar-refractivity contribution in [1.29, 1.82) is 0 Å². The number of rotatable bonds is 8. The van der Waals surface area contributed by atoms with Crippen LogP contribution in [0.1, 0.15) is 46.0 Å². The Morgan fingerprint density at radius 3 is 2.25 bits per heavy atom. The fraction of sp³-hybridized carbons (Fsp3) is 0.909. The van der Waals surface area contributed by atoms with E-state index in [0.29, 0.717) is 0 Å². The Morgan fingerprint density at radius 1 is 1.00 bits per heavy atom. The lowest BCUT2D eigenvalue weighted by Gasteiger charge is -2.18. The first-order valence-corrected chi connectivity index (χ1v) is 5.36. The van der Waals surface area contributed by atoms with Crippen LogP contribution in [-0.2, 0) is 0 Å². The quantitative estimate of drug-likeness (QED) is 0.506. The van der Waals surface area contributed by atoms with Gasteiger partial charge in [0.2, 0.25) is 0 Å². The van der Waals surface area contributed by atoms with Crippen molar-refractivity contribution in [2.75, 3.05) is 19.6 Å². The van der Waals surface area contributed by atoms with Crippen LogP contribution in [0.25, 0.3) is 0 Å². The smallest absolute Gasteiger partial charge is 0.00189 e. The van der Waals surface area contributed by atoms with E-state index in [0.717, 1.165) is 6.42 Å². The van der Waals surface area contributed by atoms with Gasteiger partial charge in [0.05, 0.1) is 0 Å². The highest BCUT2D eigenvalue weighted by molar-refractivity contribution is 4.54. The summed E-state index contributed by atoms with van der Waals surface area (Å²) in [5.41, 5.74) is 0. The van der Waals surface area contributed by atoms with Crippen molar-refractivity contribution < 1.29 is 0 Å². The highest BCUT2D eigenvalue weighted by atomic mass is 15.1. The highest BCUT2D eigenvalue weighted by Crippen LogP contribution is 2.01. The van der Waals surface area contributed by atoms with E-state index in [1.54, 1.807) is 0 Å². The van der Waals surface area contributed by atoms with Crippen LogP contribution in [-0.4, -0.2) is 24.5 Å². The number of hydrogen-bond acceptors (Lipinski definition) is 1. The summed E-state index contributed by atoms with van der Waals surface area (Å²) in [6, 6.07) is 0. The largest absolute Gasteiger partial charge is 0.304 e. The summed E-state index contributed by atoms with van der Waals surface area (Å²) in [6.07, 6.45) is 6.37. The lowest BCUT2D eigenvalue weighted by Crippen LogP contribution is -2.25. The van der Waals surface area contributed by atoms with Gasteiger partial charge in [-0.25, -0.2) is 0 Å². The van der Waals surface area contributed by atoms with E-state index in [-0.39, 0.29) is 0 Å². The molecule has 0 saturated carbocycles. The van der Waals surface area contributed by atoms with Crippen LogP contribution in [0.3, 0.4) is 0 Å². The Balaban J connectivity index is 3.19. The molecule has 0 aliphatic rings. The van der Waals surface area contributed by atoms with Crippen LogP contribution in [0.15, 0.2) is 0 Å². The Labute approximate surface area is 78.1 Å². The van der Waals surface area contributed by atoms with Crippen molar-refractivity contribution in [1.82, 2.24) is 4.90 Å². The molecular weight excluding hydrogens is 146 g/mol. The van der Waals surface area contributed by atoms with Crippen molar-refractivity contribution in [2.24, 2.45) is 0 Å². The first-order chi connectivity index (χ1) is 5.85. The van der Waals surface area contributed by atoms with Gasteiger partial charge in [0.1, 0.15) is 0 Å². The van der Waals surface area contributed by atoms with Crippen LogP contribution in [0, 0.1) is 6.92 Å². The minimum atomic E-state index is 1.10. The Kier molecular flexibility index (Phi) is 9.02. The summed E-state index contributed by atoms with van der Waals surface area (Å²) >= 11 is 0. The van der Waals surface area contributed by atoms with Crippen LogP contribution in [0.4, 0.5) is 0 Å². The van der Waals surface area contributed by atoms with Crippen molar-refractivity contribution in [3.05, 3.63) is 6.92 Å². The predicted octanol–water partition coefficient (Wildman–Crippen LogP) is 3.11. The van der Waals surface area contributed by atoms with Gasteiger partial charge in [0.25, 0.3) is 0 Å². The average molecular weight is 170 g/mol. The minimum Gasteiger partial charge on any atom is -0.304 e. The van der Waals surface area contributed by atoms with Gasteiger partial charge in [-0.05, 0) is 32.5 Å². The third kappa shape index (κ3) is 6.66. The molecule has 0 N–H and O–H groups in total. The molecule has 1 nitrogen and oxygen atoms in total. The summed E-state index contributed by atoms with van der Waals surface area (Å²) in [5, 5.41) is 0. The van der Waals surface area contributed by atoms with Crippen LogP contribution < -0.4 is 0 Å². The van der Waals surface area contributed by atoms with Crippen LogP contribution in [0.5, 0.6) is 0 Å². The average Bonchev–Trinajstić information content (AvgIpc) is 2.10. The third-order valence-electron chi connectivity index (χ3n) is 2.21. The minimum absolute atomic E-state index is 1.10. The van der Waals surface area contributed by atoms with Crippen LogP contribution >= 0.6 is 0 Å². The van der Waals surface area contributed by atoms with Gasteiger partial charge in [0, 0.05) is 0 Å². The molecule has 0 heterocycles. The maximum Gasteiger partial charge on any atom is -0.00189 e. The van der Waals surface area contributed by atoms with E-state index < -0.39 is 0 Å². The van der Waals surface area contributed by atoms with Gasteiger partial charge < -0.3 is 4.90 Å². The summed E-state index contributed by atoms with van der Waals surface area (Å²) in [5.74, 6) is 0. The molecule has 0 atom stereocenters. The van der Waals surface area contributed by atoms with Gasteiger partial charge in [0.15, 0.2) is 0 Å². The highest BCUT2D eigenvalue weighted by Gasteiger charge is 1.98. The van der Waals surface area contributed by atoms with Crippen LogP contribution in [0.2, 0.25) is 0 Å². The fourth-order valence-corrected chi connectivity index (χ4v) is 1.43. The predicted molar refractivity (Wildman–Crippen MR) is 56.2 cm³/mol. The molecule has 0 aromatic rings. The third-order valence-corrected chi connectivity index (χ3v) is 2.21. The number of unbranched alkanes of at least 4 members (excludes halogenated alkanes) is 3. The van der Waals surface area contributed by atoms with Crippen molar-refractivity contribution in [3.63, 3.8) is 0 Å². The molecule has 0 aliphatic heterocycles. The van der Waals surface area contributed by atoms with E-state index in [1.807, 2.05) is 0 Å². The van der Waals surface area contributed by atoms with Gasteiger partial charge in [-0.1, -0.05) is 40.0 Å². The van der Waals surface area contributed by atoms with Gasteiger partial charge in [-0.2, -0.15) is 0 Å². The van der Waals surface area contributed by atoms with E-state index in [9.17, 15) is 0 Å². The monoisotopic (exact) mass is 170 g/mol. The SMILES string of the molecule is [CH2]CCCCCN(CC)CCC. The molecule has 0 aromatic carbocycles. The molecule has 1 radical (unpaired) electrons. The first-order valence-electron chi connectivity index (χ1n) is 5.36. The maximum absolute atomic E-state index is 3.85. The van der Waals surface area contributed by atoms with Crippen molar-refractivity contribution in [3.8, 4) is 0 Å². The zero-order valence-electron chi connectivity index (χ0n) is 8.81. The molecular formula is C11H24N. The van der Waals surface area contributed by atoms with Gasteiger partial charge in [-0.3, -0.25) is 0 Å². The topological polar surface area (TPSA) is 3.24 Å². The van der Waals surface area contributed by atoms with Crippen molar-refractivity contribution >= 4 is 0 Å². The molecule has 0 fully saturated rings. The van der Waals surface area contributed by atoms with E-state index >= 15 is 0 Å². The van der Waals surface area contributed by atoms with E-state index in [4.69, 9.17) is 0 Å². The molecule has 73 valence electrons. The van der Waals surface area contributed by atoms with Gasteiger partial charge in [-0.15, -0.1) is 0 Å². The molecule has 0 amide bonds. The first kappa shape index (κ1) is 12.0. The molecule has 0 aliphatic carbocycles. The summed E-state index contributed by atoms with van der Waals surface area (Å²) in [6.45, 7) is 12.1. The Bertz CT molecular complexity index is 81.1. The second-order valence-corrected chi connectivity index (χ2v) is 3.35. The second-order valence-electron chi connectivity index (χ2n) is 3.35. The number of hydrogen-bond donors (Lipinski definition) is 0. The lowest BCUT2D eigenvalue weighted by atomic mass is 10.2. The molecule has 0 bridgehead atoms. The summed E-state index contributed by atoms with van der Waals surface area (Å²) in [7, 11) is 0. The molecule has 0 rings (SSSR count). The molecule has 12 heavy (non-hydrogen) atoms. The lowest BCUT2D eigenvalue weighted by molar-refractivity contribution is 0.281. The zero-order chi connectivity index (χ0) is 9.23. The molecule has 0 unspecified atom stereocenters. The molecule has 0 aromatic heterocycles. The fourth-order valence-electron chi connectivity index (χ4n) is 1.43. The maximum atomic E-state index is 3.85. The van der Waals surface area contributed by atoms with Crippen molar-refractivity contribution in [2.45, 2.75) is 46.0 Å². The van der Waals surface area contributed by atoms with E-state index in [2.05, 4.69) is 25.7 Å². The zero-order valence-corrected chi connectivity index (χ0v) is 8.81. The molecule has 0 spiro atoms. The van der Waals surface area contributed by atoms with Gasteiger partial charge >= 0.3 is 0 Å². The Hall–Kier alpha value is -0.0400. The standard InChI is InChI=1S/C11H24N/c1-4-7-8-9-11-12(6-3)10-5-2/h1,4-11H2,2-3H3. The molecule has 0 saturated heterocycles. The normalized spacial score (nSPS) is 11.0. The molecule has 1 heteroatoms. The second kappa shape index (κ2) is 9.05. The summed E-state index contributed by atoms with van der Waals surface area (Å²) < 4.78 is 0. The Morgan fingerprint density at radius 2 is 1.75 bits per heavy atom. The van der Waals surface area contributed by atoms with E-state index in [1.165, 1.54) is 45.3 Å².